The van der Waals surface area contributed by atoms with Crippen LogP contribution >= 0.6 is 43.2 Å². The number of fused-ring (bicyclic) bond motifs is 2. The Kier molecular flexibility index (Phi) is 3.24. The Labute approximate surface area is 141 Å². The Morgan fingerprint density at radius 2 is 1.90 bits per heavy atom. The molecule has 0 atom stereocenters. The number of hydrogen-bond donors (Lipinski definition) is 0. The molecule has 0 radical (unpaired) electrons. The van der Waals surface area contributed by atoms with Gasteiger partial charge in [-0.3, -0.25) is 9.36 Å². The van der Waals surface area contributed by atoms with Crippen molar-refractivity contribution < 1.29 is 0 Å². The summed E-state index contributed by atoms with van der Waals surface area (Å²) in [6, 6.07) is 5.96. The molecule has 3 heterocycles. The summed E-state index contributed by atoms with van der Waals surface area (Å²) in [7, 11) is 0. The lowest BCUT2D eigenvalue weighted by atomic mass is 10.2. The molecule has 2 aromatic heterocycles. The van der Waals surface area contributed by atoms with Crippen LogP contribution in [0.2, 0.25) is 0 Å². The van der Waals surface area contributed by atoms with Gasteiger partial charge in [0.15, 0.2) is 10.3 Å². The van der Waals surface area contributed by atoms with Gasteiger partial charge in [0.05, 0.1) is 0 Å². The molecule has 0 spiro atoms. The summed E-state index contributed by atoms with van der Waals surface area (Å²) < 4.78 is 3.69. The van der Waals surface area contributed by atoms with E-state index in [0.29, 0.717) is 5.52 Å². The summed E-state index contributed by atoms with van der Waals surface area (Å²) in [5.41, 5.74) is 1.45. The number of hydrogen-bond acceptors (Lipinski definition) is 4. The van der Waals surface area contributed by atoms with Gasteiger partial charge in [0, 0.05) is 27.5 Å². The topological polar surface area (TPSA) is 47.8 Å². The highest BCUT2D eigenvalue weighted by Crippen LogP contribution is 2.32. The monoisotopic (exact) mass is 425 g/mol. The van der Waals surface area contributed by atoms with Crippen LogP contribution in [-0.2, 0) is 13.0 Å². The lowest BCUT2D eigenvalue weighted by Gasteiger charge is -1.99. The van der Waals surface area contributed by atoms with E-state index >= 15 is 0 Å². The third kappa shape index (κ3) is 2.27. The molecule has 0 N–H and O–H groups in total. The number of rotatable bonds is 1. The van der Waals surface area contributed by atoms with E-state index in [2.05, 4.69) is 41.8 Å². The number of aromatic nitrogens is 3. The van der Waals surface area contributed by atoms with Crippen molar-refractivity contribution in [3.63, 3.8) is 0 Å². The molecule has 7 heteroatoms. The molecule has 1 aliphatic rings. The largest absolute Gasteiger partial charge is 0.295 e. The van der Waals surface area contributed by atoms with Crippen LogP contribution in [0, 0.1) is 0 Å². The molecule has 1 aliphatic heterocycles. The molecule has 106 valence electrons. The van der Waals surface area contributed by atoms with Gasteiger partial charge in [-0.05, 0) is 24.6 Å². The fourth-order valence-electron chi connectivity index (χ4n) is 2.57. The van der Waals surface area contributed by atoms with Crippen molar-refractivity contribution in [1.82, 2.24) is 14.5 Å². The van der Waals surface area contributed by atoms with Crippen molar-refractivity contribution in [2.75, 3.05) is 0 Å². The van der Waals surface area contributed by atoms with Gasteiger partial charge in [-0.2, -0.15) is 0 Å². The molecule has 0 saturated carbocycles. The average Bonchev–Trinajstić information content (AvgIpc) is 3.04. The molecule has 4 rings (SSSR count). The number of halogens is 2. The quantitative estimate of drug-likeness (QED) is 0.591. The smallest absolute Gasteiger partial charge is 0.280 e. The first kappa shape index (κ1) is 13.6. The molecule has 0 aliphatic carbocycles. The van der Waals surface area contributed by atoms with Gasteiger partial charge in [-0.1, -0.05) is 43.2 Å². The van der Waals surface area contributed by atoms with Crippen molar-refractivity contribution in [2.24, 2.45) is 0 Å². The third-order valence-corrected chi connectivity index (χ3v) is 5.40. The van der Waals surface area contributed by atoms with E-state index < -0.39 is 0 Å². The predicted octanol–water partition coefficient (Wildman–Crippen LogP) is 3.99. The van der Waals surface area contributed by atoms with Crippen molar-refractivity contribution in [3.8, 4) is 10.6 Å². The van der Waals surface area contributed by atoms with Gasteiger partial charge in [0.1, 0.15) is 10.8 Å². The predicted molar refractivity (Wildman–Crippen MR) is 90.8 cm³/mol. The first-order valence-corrected chi connectivity index (χ1v) is 8.89. The lowest BCUT2D eigenvalue weighted by molar-refractivity contribution is 0.718. The number of aryl methyl sites for hydroxylation is 1. The van der Waals surface area contributed by atoms with Crippen LogP contribution in [0.25, 0.3) is 20.9 Å². The molecular weight excluding hydrogens is 418 g/mol. The first-order chi connectivity index (χ1) is 10.1. The zero-order valence-electron chi connectivity index (χ0n) is 10.8. The zero-order valence-corrected chi connectivity index (χ0v) is 14.8. The Morgan fingerprint density at radius 1 is 1.14 bits per heavy atom. The second kappa shape index (κ2) is 5.00. The van der Waals surface area contributed by atoms with Crippen molar-refractivity contribution in [2.45, 2.75) is 19.4 Å². The van der Waals surface area contributed by atoms with Gasteiger partial charge in [0.2, 0.25) is 0 Å². The molecule has 0 unspecified atom stereocenters. The van der Waals surface area contributed by atoms with Crippen LogP contribution in [0.1, 0.15) is 12.2 Å². The minimum atomic E-state index is -0.0101. The summed E-state index contributed by atoms with van der Waals surface area (Å²) in [5.74, 6) is 0.887. The van der Waals surface area contributed by atoms with Gasteiger partial charge in [-0.15, -0.1) is 0 Å². The molecular formula is C14H9Br2N3OS. The molecule has 0 amide bonds. The van der Waals surface area contributed by atoms with Gasteiger partial charge in [0.25, 0.3) is 5.56 Å². The maximum atomic E-state index is 12.4. The Hall–Kier alpha value is -1.05. The van der Waals surface area contributed by atoms with Crippen LogP contribution in [0.15, 0.2) is 31.9 Å². The molecule has 0 fully saturated rings. The highest BCUT2D eigenvalue weighted by atomic mass is 79.9. The fourth-order valence-corrected chi connectivity index (χ4v) is 4.80. The summed E-state index contributed by atoms with van der Waals surface area (Å²) in [5, 5.41) is 0.820. The van der Waals surface area contributed by atoms with E-state index in [9.17, 15) is 4.79 Å². The van der Waals surface area contributed by atoms with Crippen LogP contribution in [0.4, 0.5) is 0 Å². The Bertz CT molecular complexity index is 912. The maximum Gasteiger partial charge on any atom is 0.280 e. The molecule has 3 aromatic rings. The SMILES string of the molecule is O=c1c2nc(-c3cc(Br)cc(Br)c3)sc2nc2n1CCC2. The number of nitrogens with zero attached hydrogens (tertiary/aromatic N) is 3. The lowest BCUT2D eigenvalue weighted by Crippen LogP contribution is -2.20. The highest BCUT2D eigenvalue weighted by molar-refractivity contribution is 9.11. The van der Waals surface area contributed by atoms with E-state index in [1.165, 1.54) is 11.3 Å². The van der Waals surface area contributed by atoms with Crippen LogP contribution in [0.3, 0.4) is 0 Å². The first-order valence-electron chi connectivity index (χ1n) is 6.48. The van der Waals surface area contributed by atoms with Crippen molar-refractivity contribution in [1.29, 1.82) is 0 Å². The average molecular weight is 427 g/mol. The van der Waals surface area contributed by atoms with E-state index in [0.717, 1.165) is 49.6 Å². The summed E-state index contributed by atoms with van der Waals surface area (Å²) in [6.07, 6.45) is 1.87. The maximum absolute atomic E-state index is 12.4. The second-order valence-corrected chi connectivity index (χ2v) is 7.73. The Balaban J connectivity index is 1.96. The fraction of sp³-hybridized carbons (Fsp3) is 0.214. The second-order valence-electron chi connectivity index (χ2n) is 4.92. The van der Waals surface area contributed by atoms with Gasteiger partial charge < -0.3 is 0 Å². The Morgan fingerprint density at radius 3 is 2.67 bits per heavy atom. The highest BCUT2D eigenvalue weighted by Gasteiger charge is 2.19. The summed E-state index contributed by atoms with van der Waals surface area (Å²) in [6.45, 7) is 0.756. The van der Waals surface area contributed by atoms with Crippen molar-refractivity contribution >= 4 is 53.5 Å². The van der Waals surface area contributed by atoms with Crippen LogP contribution < -0.4 is 5.56 Å². The van der Waals surface area contributed by atoms with Gasteiger partial charge in [-0.25, -0.2) is 9.97 Å². The van der Waals surface area contributed by atoms with E-state index in [1.807, 2.05) is 18.2 Å². The molecule has 21 heavy (non-hydrogen) atoms. The number of benzene rings is 1. The molecule has 1 aromatic carbocycles. The van der Waals surface area contributed by atoms with E-state index in [1.54, 1.807) is 4.57 Å². The third-order valence-electron chi connectivity index (χ3n) is 3.49. The van der Waals surface area contributed by atoms with Crippen LogP contribution in [-0.4, -0.2) is 14.5 Å². The number of thiazole rings is 1. The normalized spacial score (nSPS) is 13.8. The minimum Gasteiger partial charge on any atom is -0.295 e. The van der Waals surface area contributed by atoms with Crippen LogP contribution in [0.5, 0.6) is 0 Å². The minimum absolute atomic E-state index is 0.0101. The standard InChI is InChI=1S/C14H9Br2N3OS/c15-8-4-7(5-9(16)6-8)12-18-11-13(21-12)17-10-2-1-3-19(10)14(11)20/h4-6H,1-3H2. The van der Waals surface area contributed by atoms with E-state index in [4.69, 9.17) is 0 Å². The van der Waals surface area contributed by atoms with Gasteiger partial charge >= 0.3 is 0 Å². The molecule has 0 saturated heterocycles. The van der Waals surface area contributed by atoms with Crippen molar-refractivity contribution in [3.05, 3.63) is 43.3 Å². The molecule has 0 bridgehead atoms. The van der Waals surface area contributed by atoms with E-state index in [-0.39, 0.29) is 5.56 Å². The zero-order chi connectivity index (χ0) is 14.6. The summed E-state index contributed by atoms with van der Waals surface area (Å²) in [4.78, 5) is 22.3. The molecule has 4 nitrogen and oxygen atoms in total. The summed E-state index contributed by atoms with van der Waals surface area (Å²) >= 11 is 8.43.